The van der Waals surface area contributed by atoms with E-state index in [2.05, 4.69) is 20.8 Å². The molecule has 0 radical (unpaired) electrons. The van der Waals surface area contributed by atoms with Gasteiger partial charge in [0.05, 0.1) is 24.1 Å². The molecule has 2 amide bonds. The zero-order valence-corrected chi connectivity index (χ0v) is 15.9. The molecule has 3 aromatic rings. The fourth-order valence-corrected chi connectivity index (χ4v) is 3.34. The molecule has 0 spiro atoms. The molecule has 0 saturated heterocycles. The Kier molecular flexibility index (Phi) is 5.24. The first kappa shape index (κ1) is 18.7. The van der Waals surface area contributed by atoms with E-state index in [1.807, 2.05) is 6.92 Å². The number of carbonyl (C=O) groups excluding carboxylic acids is 2. The molecule has 0 saturated carbocycles. The van der Waals surface area contributed by atoms with Crippen molar-refractivity contribution in [3.8, 4) is 0 Å². The van der Waals surface area contributed by atoms with Gasteiger partial charge in [-0.2, -0.15) is 5.10 Å². The topological polar surface area (TPSA) is 110 Å². The highest BCUT2D eigenvalue weighted by molar-refractivity contribution is 6.07. The van der Waals surface area contributed by atoms with Crippen LogP contribution >= 0.6 is 0 Å². The number of rotatable bonds is 5. The number of pyridine rings is 1. The third-order valence-electron chi connectivity index (χ3n) is 4.75. The third-order valence-corrected chi connectivity index (χ3v) is 4.75. The number of nitrogens with one attached hydrogen (secondary N) is 2. The largest absolute Gasteiger partial charge is 0.467 e. The molecule has 8 heteroatoms. The van der Waals surface area contributed by atoms with Crippen LogP contribution in [0, 0.1) is 6.92 Å². The van der Waals surface area contributed by atoms with Crippen LogP contribution in [0.15, 0.2) is 56.9 Å². The summed E-state index contributed by atoms with van der Waals surface area (Å²) in [5.74, 6) is 0.982. The highest BCUT2D eigenvalue weighted by Gasteiger charge is 2.28. The van der Waals surface area contributed by atoms with Crippen LogP contribution in [0.5, 0.6) is 0 Å². The smallest absolute Gasteiger partial charge is 0.287 e. The van der Waals surface area contributed by atoms with Crippen LogP contribution in [0.25, 0.3) is 0 Å². The molecule has 0 atom stereocenters. The summed E-state index contributed by atoms with van der Waals surface area (Å²) in [5, 5.41) is 7.10. The van der Waals surface area contributed by atoms with E-state index < -0.39 is 0 Å². The Bertz CT molecular complexity index is 1050. The molecule has 3 heterocycles. The van der Waals surface area contributed by atoms with E-state index in [1.165, 1.54) is 6.20 Å². The lowest BCUT2D eigenvalue weighted by atomic mass is 9.93. The number of nitrogens with zero attached hydrogens (tertiary/aromatic N) is 2. The van der Waals surface area contributed by atoms with E-state index in [-0.39, 0.29) is 24.1 Å². The molecule has 0 unspecified atom stereocenters. The lowest BCUT2D eigenvalue weighted by molar-refractivity contribution is 0.0916. The quantitative estimate of drug-likeness (QED) is 0.649. The minimum Gasteiger partial charge on any atom is -0.467 e. The first-order chi connectivity index (χ1) is 14.1. The molecule has 0 aliphatic heterocycles. The van der Waals surface area contributed by atoms with Crippen molar-refractivity contribution in [3.63, 3.8) is 0 Å². The molecule has 1 aliphatic carbocycles. The standard InChI is InChI=1S/C21H20N4O4/c1-13-18-16(24-25-20(26)14-5-3-9-22-11-14)7-2-8-17(18)29-19(13)21(27)23-12-15-6-4-10-28-15/h3-6,9-11H,2,7-8,12H2,1H3,(H,23,27)(H,25,26)/b24-16+. The van der Waals surface area contributed by atoms with Crippen molar-refractivity contribution in [1.29, 1.82) is 0 Å². The summed E-state index contributed by atoms with van der Waals surface area (Å²) in [7, 11) is 0. The Morgan fingerprint density at radius 2 is 2.10 bits per heavy atom. The average molecular weight is 392 g/mol. The van der Waals surface area contributed by atoms with Crippen molar-refractivity contribution >= 4 is 17.5 Å². The van der Waals surface area contributed by atoms with Crippen LogP contribution in [0.2, 0.25) is 0 Å². The fraction of sp³-hybridized carbons (Fsp3) is 0.238. The van der Waals surface area contributed by atoms with E-state index in [4.69, 9.17) is 8.83 Å². The summed E-state index contributed by atoms with van der Waals surface area (Å²) in [4.78, 5) is 28.7. The van der Waals surface area contributed by atoms with E-state index >= 15 is 0 Å². The molecule has 29 heavy (non-hydrogen) atoms. The van der Waals surface area contributed by atoms with E-state index in [0.717, 1.165) is 18.4 Å². The Balaban J connectivity index is 1.52. The molecule has 0 fully saturated rings. The molecular formula is C21H20N4O4. The summed E-state index contributed by atoms with van der Waals surface area (Å²) in [6, 6.07) is 6.91. The van der Waals surface area contributed by atoms with Crippen molar-refractivity contribution < 1.29 is 18.4 Å². The highest BCUT2D eigenvalue weighted by atomic mass is 16.4. The van der Waals surface area contributed by atoms with E-state index in [0.29, 0.717) is 34.8 Å². The van der Waals surface area contributed by atoms with Gasteiger partial charge < -0.3 is 14.2 Å². The predicted molar refractivity (Wildman–Crippen MR) is 105 cm³/mol. The van der Waals surface area contributed by atoms with Gasteiger partial charge in [-0.05, 0) is 44.0 Å². The Morgan fingerprint density at radius 1 is 1.21 bits per heavy atom. The maximum atomic E-state index is 12.6. The van der Waals surface area contributed by atoms with Gasteiger partial charge in [0, 0.05) is 29.9 Å². The Morgan fingerprint density at radius 3 is 2.86 bits per heavy atom. The van der Waals surface area contributed by atoms with Crippen LogP contribution in [0.1, 0.15) is 56.4 Å². The van der Waals surface area contributed by atoms with Crippen LogP contribution in [-0.4, -0.2) is 22.5 Å². The van der Waals surface area contributed by atoms with Gasteiger partial charge in [-0.3, -0.25) is 14.6 Å². The number of hydrogen-bond acceptors (Lipinski definition) is 6. The minimum absolute atomic E-state index is 0.259. The van der Waals surface area contributed by atoms with Crippen molar-refractivity contribution in [2.45, 2.75) is 32.7 Å². The van der Waals surface area contributed by atoms with Crippen LogP contribution < -0.4 is 10.7 Å². The van der Waals surface area contributed by atoms with Gasteiger partial charge in [0.1, 0.15) is 11.5 Å². The minimum atomic E-state index is -0.338. The molecule has 4 rings (SSSR count). The van der Waals surface area contributed by atoms with Crippen LogP contribution in [0.3, 0.4) is 0 Å². The van der Waals surface area contributed by atoms with Gasteiger partial charge in [0.15, 0.2) is 5.76 Å². The summed E-state index contributed by atoms with van der Waals surface area (Å²) in [6.45, 7) is 2.10. The Hall–Kier alpha value is -3.68. The fourth-order valence-electron chi connectivity index (χ4n) is 3.34. The maximum absolute atomic E-state index is 12.6. The molecule has 0 aromatic carbocycles. The van der Waals surface area contributed by atoms with Crippen LogP contribution in [-0.2, 0) is 13.0 Å². The first-order valence-electron chi connectivity index (χ1n) is 9.33. The monoisotopic (exact) mass is 392 g/mol. The number of aryl methyl sites for hydroxylation is 1. The van der Waals surface area contributed by atoms with Gasteiger partial charge in [-0.1, -0.05) is 0 Å². The second-order valence-corrected chi connectivity index (χ2v) is 6.71. The van der Waals surface area contributed by atoms with Crippen LogP contribution in [0.4, 0.5) is 0 Å². The molecular weight excluding hydrogens is 372 g/mol. The number of amides is 2. The molecule has 0 bridgehead atoms. The lowest BCUT2D eigenvalue weighted by Crippen LogP contribution is -2.23. The van der Waals surface area contributed by atoms with Gasteiger partial charge >= 0.3 is 0 Å². The highest BCUT2D eigenvalue weighted by Crippen LogP contribution is 2.29. The van der Waals surface area contributed by atoms with Crippen molar-refractivity contribution in [2.24, 2.45) is 5.10 Å². The zero-order valence-electron chi connectivity index (χ0n) is 15.9. The Labute approximate surface area is 167 Å². The number of fused-ring (bicyclic) bond motifs is 1. The zero-order chi connectivity index (χ0) is 20.2. The number of aromatic nitrogens is 1. The molecule has 2 N–H and O–H groups in total. The van der Waals surface area contributed by atoms with Gasteiger partial charge in [0.2, 0.25) is 0 Å². The van der Waals surface area contributed by atoms with E-state index in [1.54, 1.807) is 36.7 Å². The number of carbonyl (C=O) groups is 2. The lowest BCUT2D eigenvalue weighted by Gasteiger charge is -2.13. The van der Waals surface area contributed by atoms with Gasteiger partial charge in [-0.15, -0.1) is 0 Å². The molecule has 148 valence electrons. The van der Waals surface area contributed by atoms with Crippen molar-refractivity contribution in [3.05, 3.63) is 76.9 Å². The predicted octanol–water partition coefficient (Wildman–Crippen LogP) is 2.98. The molecule has 8 nitrogen and oxygen atoms in total. The first-order valence-corrected chi connectivity index (χ1v) is 9.33. The van der Waals surface area contributed by atoms with Gasteiger partial charge in [0.25, 0.3) is 11.8 Å². The second kappa shape index (κ2) is 8.14. The second-order valence-electron chi connectivity index (χ2n) is 6.71. The molecule has 3 aromatic heterocycles. The van der Waals surface area contributed by atoms with Crippen molar-refractivity contribution in [2.75, 3.05) is 0 Å². The maximum Gasteiger partial charge on any atom is 0.287 e. The summed E-state index contributed by atoms with van der Waals surface area (Å²) >= 11 is 0. The number of hydrogen-bond donors (Lipinski definition) is 2. The normalized spacial score (nSPS) is 14.4. The SMILES string of the molecule is Cc1c(C(=O)NCc2ccco2)oc2c1/C(=N/NC(=O)c1cccnc1)CCC2. The van der Waals surface area contributed by atoms with Gasteiger partial charge in [-0.25, -0.2) is 5.43 Å². The van der Waals surface area contributed by atoms with Crippen molar-refractivity contribution in [1.82, 2.24) is 15.7 Å². The summed E-state index contributed by atoms with van der Waals surface area (Å²) in [6.07, 6.45) is 6.87. The molecule has 1 aliphatic rings. The summed E-state index contributed by atoms with van der Waals surface area (Å²) in [5.41, 5.74) is 5.21. The summed E-state index contributed by atoms with van der Waals surface area (Å²) < 4.78 is 11.1. The number of hydrazone groups is 1. The van der Waals surface area contributed by atoms with E-state index in [9.17, 15) is 9.59 Å². The third kappa shape index (κ3) is 3.96. The number of furan rings is 2. The average Bonchev–Trinajstić information content (AvgIpc) is 3.39.